The largest absolute Gasteiger partial charge is 0.217 e. The van der Waals surface area contributed by atoms with Crippen molar-refractivity contribution >= 4 is 0 Å². The summed E-state index contributed by atoms with van der Waals surface area (Å²) < 4.78 is 1.94. The molecule has 20 heavy (non-hydrogen) atoms. The number of para-hydroxylation sites is 1. The summed E-state index contributed by atoms with van der Waals surface area (Å²) in [7, 11) is 0. The predicted molar refractivity (Wildman–Crippen MR) is 81.0 cm³/mol. The molecule has 0 aliphatic heterocycles. The molecule has 0 bridgehead atoms. The van der Waals surface area contributed by atoms with E-state index < -0.39 is 0 Å². The first-order valence-electron chi connectivity index (χ1n) is 6.72. The Bertz CT molecular complexity index is 722. The highest BCUT2D eigenvalue weighted by Crippen LogP contribution is 2.22. The number of aryl methyl sites for hydroxylation is 3. The highest BCUT2D eigenvalue weighted by molar-refractivity contribution is 5.55. The highest BCUT2D eigenvalue weighted by Gasteiger charge is 2.12. The van der Waals surface area contributed by atoms with Gasteiger partial charge in [0.2, 0.25) is 0 Å². The lowest BCUT2D eigenvalue weighted by Crippen LogP contribution is -2.04. The van der Waals surface area contributed by atoms with E-state index in [1.165, 1.54) is 11.1 Å². The van der Waals surface area contributed by atoms with Gasteiger partial charge in [0.1, 0.15) is 5.82 Å². The monoisotopic (exact) mass is 263 g/mol. The Kier molecular flexibility index (Phi) is 3.11. The van der Waals surface area contributed by atoms with Crippen LogP contribution in [0.25, 0.3) is 17.1 Å². The zero-order valence-electron chi connectivity index (χ0n) is 12.0. The predicted octanol–water partition coefficient (Wildman–Crippen LogP) is 3.86. The van der Waals surface area contributed by atoms with Crippen LogP contribution < -0.4 is 0 Å². The van der Waals surface area contributed by atoms with Gasteiger partial charge in [0.15, 0.2) is 5.82 Å². The topological polar surface area (TPSA) is 30.7 Å². The van der Waals surface area contributed by atoms with E-state index in [-0.39, 0.29) is 0 Å². The molecule has 3 heteroatoms. The number of aromatic nitrogens is 3. The fourth-order valence-electron chi connectivity index (χ4n) is 2.45. The molecule has 1 aromatic heterocycles. The zero-order valence-corrected chi connectivity index (χ0v) is 12.0. The van der Waals surface area contributed by atoms with Gasteiger partial charge in [-0.1, -0.05) is 48.5 Å². The first-order valence-corrected chi connectivity index (χ1v) is 6.72. The van der Waals surface area contributed by atoms with Crippen molar-refractivity contribution < 1.29 is 0 Å². The second kappa shape index (κ2) is 4.93. The molecule has 2 aromatic carbocycles. The highest BCUT2D eigenvalue weighted by atomic mass is 15.3. The van der Waals surface area contributed by atoms with Gasteiger partial charge in [0.05, 0.1) is 5.69 Å². The van der Waals surface area contributed by atoms with Gasteiger partial charge in [-0.15, -0.1) is 5.10 Å². The third kappa shape index (κ3) is 2.11. The molecule has 3 nitrogen and oxygen atoms in total. The molecule has 0 aliphatic carbocycles. The fraction of sp³-hybridized carbons (Fsp3) is 0.176. The van der Waals surface area contributed by atoms with E-state index in [2.05, 4.69) is 42.1 Å². The molecule has 0 amide bonds. The van der Waals surface area contributed by atoms with Gasteiger partial charge in [-0.05, 0) is 31.9 Å². The van der Waals surface area contributed by atoms with Crippen LogP contribution in [0.5, 0.6) is 0 Å². The van der Waals surface area contributed by atoms with Gasteiger partial charge in [-0.2, -0.15) is 0 Å². The molecule has 0 radical (unpaired) electrons. The lowest BCUT2D eigenvalue weighted by molar-refractivity contribution is 0.829. The Hall–Kier alpha value is -2.42. The quantitative estimate of drug-likeness (QED) is 0.703. The summed E-state index contributed by atoms with van der Waals surface area (Å²) in [6, 6.07) is 16.3. The second-order valence-corrected chi connectivity index (χ2v) is 5.00. The van der Waals surface area contributed by atoms with Crippen molar-refractivity contribution in [3.63, 3.8) is 0 Å². The van der Waals surface area contributed by atoms with Crippen molar-refractivity contribution in [2.24, 2.45) is 0 Å². The molecule has 0 aliphatic rings. The van der Waals surface area contributed by atoms with Gasteiger partial charge < -0.3 is 0 Å². The number of hydrogen-bond donors (Lipinski definition) is 0. The molecule has 3 rings (SSSR count). The summed E-state index contributed by atoms with van der Waals surface area (Å²) in [5.41, 5.74) is 4.58. The molecule has 0 atom stereocenters. The maximum absolute atomic E-state index is 4.68. The Balaban J connectivity index is 2.15. The van der Waals surface area contributed by atoms with Crippen LogP contribution in [0.1, 0.15) is 17.0 Å². The van der Waals surface area contributed by atoms with E-state index in [4.69, 9.17) is 0 Å². The van der Waals surface area contributed by atoms with E-state index in [1.807, 2.05) is 41.9 Å². The van der Waals surface area contributed by atoms with Crippen LogP contribution in [-0.2, 0) is 0 Å². The summed E-state index contributed by atoms with van der Waals surface area (Å²) in [5.74, 6) is 1.67. The van der Waals surface area contributed by atoms with Gasteiger partial charge in [0.25, 0.3) is 0 Å². The van der Waals surface area contributed by atoms with Gasteiger partial charge in [0, 0.05) is 5.56 Å². The van der Waals surface area contributed by atoms with Crippen LogP contribution >= 0.6 is 0 Å². The first kappa shape index (κ1) is 12.6. The third-order valence-corrected chi connectivity index (χ3v) is 3.45. The summed E-state index contributed by atoms with van der Waals surface area (Å²) in [4.78, 5) is 4.59. The number of nitrogens with zero attached hydrogens (tertiary/aromatic N) is 3. The van der Waals surface area contributed by atoms with Crippen molar-refractivity contribution in [3.8, 4) is 17.1 Å². The van der Waals surface area contributed by atoms with E-state index >= 15 is 0 Å². The Labute approximate surface area is 118 Å². The van der Waals surface area contributed by atoms with Crippen molar-refractivity contribution in [1.82, 2.24) is 14.8 Å². The smallest absolute Gasteiger partial charge is 0.181 e. The van der Waals surface area contributed by atoms with Crippen molar-refractivity contribution in [2.75, 3.05) is 0 Å². The average molecular weight is 263 g/mol. The summed E-state index contributed by atoms with van der Waals surface area (Å²) >= 11 is 0. The fourth-order valence-corrected chi connectivity index (χ4v) is 2.45. The molecule has 100 valence electrons. The van der Waals surface area contributed by atoms with Gasteiger partial charge >= 0.3 is 0 Å². The Morgan fingerprint density at radius 1 is 0.800 bits per heavy atom. The Morgan fingerprint density at radius 3 is 2.10 bits per heavy atom. The summed E-state index contributed by atoms with van der Waals surface area (Å²) in [6.07, 6.45) is 0. The van der Waals surface area contributed by atoms with Crippen molar-refractivity contribution in [3.05, 3.63) is 65.5 Å². The summed E-state index contributed by atoms with van der Waals surface area (Å²) in [6.45, 7) is 6.20. The standard InChI is InChI=1S/C17H17N3/c1-12-8-7-9-13(2)16(12)20-14(3)18-17(19-20)15-10-5-4-6-11-15/h4-11H,1-3H3. The molecule has 0 saturated heterocycles. The molecule has 0 fully saturated rings. The minimum atomic E-state index is 0.769. The van der Waals surface area contributed by atoms with E-state index in [0.29, 0.717) is 0 Å². The average Bonchev–Trinajstić information content (AvgIpc) is 2.82. The van der Waals surface area contributed by atoms with E-state index in [0.717, 1.165) is 22.9 Å². The first-order chi connectivity index (χ1) is 9.66. The third-order valence-electron chi connectivity index (χ3n) is 3.45. The van der Waals surface area contributed by atoms with Crippen LogP contribution in [0.4, 0.5) is 0 Å². The molecule has 0 saturated carbocycles. The number of benzene rings is 2. The van der Waals surface area contributed by atoms with E-state index in [1.54, 1.807) is 0 Å². The molecular formula is C17H17N3. The lowest BCUT2D eigenvalue weighted by atomic mass is 10.1. The van der Waals surface area contributed by atoms with Crippen molar-refractivity contribution in [2.45, 2.75) is 20.8 Å². The van der Waals surface area contributed by atoms with Crippen LogP contribution in [0.2, 0.25) is 0 Å². The van der Waals surface area contributed by atoms with Gasteiger partial charge in [-0.25, -0.2) is 9.67 Å². The van der Waals surface area contributed by atoms with Crippen LogP contribution in [0.3, 0.4) is 0 Å². The normalized spacial score (nSPS) is 10.8. The van der Waals surface area contributed by atoms with Crippen LogP contribution in [0.15, 0.2) is 48.5 Å². The molecule has 3 aromatic rings. The molecule has 1 heterocycles. The summed E-state index contributed by atoms with van der Waals surface area (Å²) in [5, 5.41) is 4.68. The SMILES string of the molecule is Cc1cccc(C)c1-n1nc(-c2ccccc2)nc1C. The maximum Gasteiger partial charge on any atom is 0.181 e. The minimum absolute atomic E-state index is 0.769. The molecule has 0 N–H and O–H groups in total. The second-order valence-electron chi connectivity index (χ2n) is 5.00. The van der Waals surface area contributed by atoms with Gasteiger partial charge in [-0.3, -0.25) is 0 Å². The van der Waals surface area contributed by atoms with Crippen LogP contribution in [-0.4, -0.2) is 14.8 Å². The number of hydrogen-bond acceptors (Lipinski definition) is 2. The lowest BCUT2D eigenvalue weighted by Gasteiger charge is -2.10. The molecule has 0 unspecified atom stereocenters. The zero-order chi connectivity index (χ0) is 14.1. The molecular weight excluding hydrogens is 246 g/mol. The minimum Gasteiger partial charge on any atom is -0.217 e. The van der Waals surface area contributed by atoms with Crippen molar-refractivity contribution in [1.29, 1.82) is 0 Å². The number of rotatable bonds is 2. The van der Waals surface area contributed by atoms with Crippen LogP contribution in [0, 0.1) is 20.8 Å². The Morgan fingerprint density at radius 2 is 1.45 bits per heavy atom. The van der Waals surface area contributed by atoms with E-state index in [9.17, 15) is 0 Å². The molecule has 0 spiro atoms. The maximum atomic E-state index is 4.68.